The number of methoxy groups -OCH3 is 2. The van der Waals surface area contributed by atoms with Crippen LogP contribution in [0.1, 0.15) is 16.5 Å². The highest BCUT2D eigenvalue weighted by Gasteiger charge is 2.20. The smallest absolute Gasteiger partial charge is 0.125 e. The van der Waals surface area contributed by atoms with Crippen molar-refractivity contribution in [2.75, 3.05) is 14.2 Å². The summed E-state index contributed by atoms with van der Waals surface area (Å²) in [6.45, 7) is 0. The van der Waals surface area contributed by atoms with Gasteiger partial charge >= 0.3 is 0 Å². The third-order valence-corrected chi connectivity index (χ3v) is 4.30. The van der Waals surface area contributed by atoms with E-state index in [9.17, 15) is 5.11 Å². The number of hydrogen-bond donors (Lipinski definition) is 1. The Balaban J connectivity index is 2.45. The average Bonchev–Trinajstić information content (AvgIpc) is 2.83. The number of nitrogens with zero attached hydrogens (tertiary/aromatic N) is 1. The van der Waals surface area contributed by atoms with Gasteiger partial charge in [-0.05, 0) is 34.1 Å². The zero-order valence-electron chi connectivity index (χ0n) is 9.88. The summed E-state index contributed by atoms with van der Waals surface area (Å²) in [5, 5.41) is 10.4. The minimum Gasteiger partial charge on any atom is -0.497 e. The van der Waals surface area contributed by atoms with Crippen LogP contribution in [0, 0.1) is 0 Å². The van der Waals surface area contributed by atoms with Crippen LogP contribution in [0.25, 0.3) is 0 Å². The van der Waals surface area contributed by atoms with Gasteiger partial charge < -0.3 is 14.6 Å². The number of aromatic nitrogens is 1. The first kappa shape index (κ1) is 13.3. The molecule has 0 aliphatic heterocycles. The molecule has 0 saturated carbocycles. The lowest BCUT2D eigenvalue weighted by Gasteiger charge is -2.15. The molecule has 1 unspecified atom stereocenters. The molecule has 2 rings (SSSR count). The number of ether oxygens (including phenoxy) is 2. The number of hydrogen-bond acceptors (Lipinski definition) is 5. The van der Waals surface area contributed by atoms with E-state index < -0.39 is 6.10 Å². The van der Waals surface area contributed by atoms with Crippen molar-refractivity contribution in [1.82, 2.24) is 4.98 Å². The Kier molecular flexibility index (Phi) is 4.21. The van der Waals surface area contributed by atoms with Crippen molar-refractivity contribution in [3.05, 3.63) is 38.8 Å². The van der Waals surface area contributed by atoms with Crippen LogP contribution in [-0.2, 0) is 0 Å². The summed E-state index contributed by atoms with van der Waals surface area (Å²) in [5.74, 6) is 1.29. The molecule has 1 N–H and O–H groups in total. The molecule has 0 aliphatic carbocycles. The highest BCUT2D eigenvalue weighted by Crippen LogP contribution is 2.37. The SMILES string of the molecule is COc1ccc(OC)c(C(O)c2scnc2Br)c1. The lowest BCUT2D eigenvalue weighted by molar-refractivity contribution is 0.217. The van der Waals surface area contributed by atoms with Crippen LogP contribution in [0.5, 0.6) is 11.5 Å². The first-order valence-electron chi connectivity index (χ1n) is 5.16. The van der Waals surface area contributed by atoms with E-state index in [4.69, 9.17) is 9.47 Å². The van der Waals surface area contributed by atoms with E-state index in [0.717, 1.165) is 4.88 Å². The minimum absolute atomic E-state index is 0.614. The normalized spacial score (nSPS) is 12.2. The predicted octanol–water partition coefficient (Wildman–Crippen LogP) is 3.00. The molecule has 4 nitrogen and oxygen atoms in total. The molecule has 0 fully saturated rings. The van der Waals surface area contributed by atoms with E-state index in [1.165, 1.54) is 11.3 Å². The van der Waals surface area contributed by atoms with Crippen LogP contribution >= 0.6 is 27.3 Å². The fraction of sp³-hybridized carbons (Fsp3) is 0.250. The quantitative estimate of drug-likeness (QED) is 0.936. The highest BCUT2D eigenvalue weighted by molar-refractivity contribution is 9.10. The molecule has 0 radical (unpaired) electrons. The second-order valence-electron chi connectivity index (χ2n) is 3.52. The van der Waals surface area contributed by atoms with Gasteiger partial charge in [0.2, 0.25) is 0 Å². The number of rotatable bonds is 4. The summed E-state index contributed by atoms with van der Waals surface area (Å²) in [7, 11) is 3.15. The van der Waals surface area contributed by atoms with Crippen molar-refractivity contribution >= 4 is 27.3 Å². The lowest BCUT2D eigenvalue weighted by Crippen LogP contribution is -2.02. The van der Waals surface area contributed by atoms with Crippen molar-refractivity contribution in [2.24, 2.45) is 0 Å². The minimum atomic E-state index is -0.795. The second-order valence-corrected chi connectivity index (χ2v) is 5.16. The Bertz CT molecular complexity index is 544. The largest absolute Gasteiger partial charge is 0.497 e. The Morgan fingerprint density at radius 1 is 1.33 bits per heavy atom. The molecule has 0 aliphatic rings. The molecule has 1 heterocycles. The summed E-state index contributed by atoms with van der Waals surface area (Å²) in [5.41, 5.74) is 2.33. The standard InChI is InChI=1S/C12H12BrNO3S/c1-16-7-3-4-9(17-2)8(5-7)10(15)11-12(13)14-6-18-11/h3-6,10,15H,1-2H3. The summed E-state index contributed by atoms with van der Waals surface area (Å²) in [6.07, 6.45) is -0.795. The van der Waals surface area contributed by atoms with Gasteiger partial charge in [-0.25, -0.2) is 4.98 Å². The van der Waals surface area contributed by atoms with Crippen molar-refractivity contribution in [1.29, 1.82) is 0 Å². The molecular weight excluding hydrogens is 318 g/mol. The van der Waals surface area contributed by atoms with Crippen LogP contribution in [-0.4, -0.2) is 24.3 Å². The van der Waals surface area contributed by atoms with Crippen molar-refractivity contribution in [3.63, 3.8) is 0 Å². The molecule has 2 aromatic rings. The lowest BCUT2D eigenvalue weighted by atomic mass is 10.1. The monoisotopic (exact) mass is 329 g/mol. The second kappa shape index (κ2) is 5.69. The summed E-state index contributed by atoms with van der Waals surface area (Å²) >= 11 is 4.69. The fourth-order valence-electron chi connectivity index (χ4n) is 1.61. The molecule has 1 aromatic carbocycles. The van der Waals surface area contributed by atoms with Gasteiger partial charge in [0.05, 0.1) is 24.6 Å². The average molecular weight is 330 g/mol. The van der Waals surface area contributed by atoms with Crippen molar-refractivity contribution in [2.45, 2.75) is 6.10 Å². The number of thiazole rings is 1. The molecule has 1 aromatic heterocycles. The van der Waals surface area contributed by atoms with Crippen molar-refractivity contribution < 1.29 is 14.6 Å². The third kappa shape index (κ3) is 2.50. The van der Waals surface area contributed by atoms with E-state index in [-0.39, 0.29) is 0 Å². The molecule has 0 amide bonds. The molecule has 6 heteroatoms. The summed E-state index contributed by atoms with van der Waals surface area (Å²) in [4.78, 5) is 4.80. The van der Waals surface area contributed by atoms with E-state index in [0.29, 0.717) is 21.7 Å². The summed E-state index contributed by atoms with van der Waals surface area (Å²) in [6, 6.07) is 5.32. The van der Waals surface area contributed by atoms with Crippen LogP contribution in [0.4, 0.5) is 0 Å². The van der Waals surface area contributed by atoms with Gasteiger partial charge in [-0.3, -0.25) is 0 Å². The Labute approximate surface area is 117 Å². The van der Waals surface area contributed by atoms with E-state index in [1.807, 2.05) is 0 Å². The maximum absolute atomic E-state index is 10.4. The van der Waals surface area contributed by atoms with Crippen molar-refractivity contribution in [3.8, 4) is 11.5 Å². The molecule has 0 saturated heterocycles. The molecule has 96 valence electrons. The Morgan fingerprint density at radius 3 is 2.67 bits per heavy atom. The van der Waals surface area contributed by atoms with Crippen LogP contribution < -0.4 is 9.47 Å². The number of halogens is 1. The zero-order valence-corrected chi connectivity index (χ0v) is 12.3. The van der Waals surface area contributed by atoms with Gasteiger partial charge in [0.15, 0.2) is 0 Å². The Hall–Kier alpha value is -1.11. The Morgan fingerprint density at radius 2 is 2.11 bits per heavy atom. The summed E-state index contributed by atoms with van der Waals surface area (Å²) < 4.78 is 11.1. The zero-order chi connectivity index (χ0) is 13.1. The van der Waals surface area contributed by atoms with Gasteiger partial charge in [-0.15, -0.1) is 11.3 Å². The highest BCUT2D eigenvalue weighted by atomic mass is 79.9. The maximum atomic E-state index is 10.4. The molecule has 0 spiro atoms. The fourth-order valence-corrected chi connectivity index (χ4v) is 3.03. The maximum Gasteiger partial charge on any atom is 0.125 e. The first-order valence-corrected chi connectivity index (χ1v) is 6.83. The first-order chi connectivity index (χ1) is 8.67. The molecular formula is C12H12BrNO3S. The third-order valence-electron chi connectivity index (χ3n) is 2.53. The van der Waals surface area contributed by atoms with Gasteiger partial charge in [0, 0.05) is 5.56 Å². The van der Waals surface area contributed by atoms with Gasteiger partial charge in [-0.2, -0.15) is 0 Å². The van der Waals surface area contributed by atoms with Gasteiger partial charge in [-0.1, -0.05) is 0 Å². The molecule has 18 heavy (non-hydrogen) atoms. The van der Waals surface area contributed by atoms with E-state index in [1.54, 1.807) is 37.9 Å². The predicted molar refractivity (Wildman–Crippen MR) is 73.4 cm³/mol. The van der Waals surface area contributed by atoms with Crippen LogP contribution in [0.2, 0.25) is 0 Å². The van der Waals surface area contributed by atoms with Crippen LogP contribution in [0.15, 0.2) is 28.3 Å². The van der Waals surface area contributed by atoms with Crippen LogP contribution in [0.3, 0.4) is 0 Å². The molecule has 0 bridgehead atoms. The number of aliphatic hydroxyl groups excluding tert-OH is 1. The van der Waals surface area contributed by atoms with Gasteiger partial charge in [0.1, 0.15) is 22.2 Å². The topological polar surface area (TPSA) is 51.6 Å². The van der Waals surface area contributed by atoms with Gasteiger partial charge in [0.25, 0.3) is 0 Å². The number of benzene rings is 1. The van der Waals surface area contributed by atoms with E-state index >= 15 is 0 Å². The van der Waals surface area contributed by atoms with E-state index in [2.05, 4.69) is 20.9 Å². The number of aliphatic hydroxyl groups is 1. The molecule has 1 atom stereocenters.